The van der Waals surface area contributed by atoms with Crippen LogP contribution in [0, 0.1) is 26.2 Å². The summed E-state index contributed by atoms with van der Waals surface area (Å²) in [4.78, 5) is 15.4. The van der Waals surface area contributed by atoms with Crippen LogP contribution in [-0.4, -0.2) is 22.7 Å². The van der Waals surface area contributed by atoms with Crippen LogP contribution in [0.25, 0.3) is 11.1 Å². The van der Waals surface area contributed by atoms with Gasteiger partial charge in [0, 0.05) is 12.3 Å². The van der Waals surface area contributed by atoms with E-state index >= 15 is 0 Å². The highest BCUT2D eigenvalue weighted by atomic mass is 16.5. The third kappa shape index (κ3) is 5.71. The second-order valence-corrected chi connectivity index (χ2v) is 7.22. The fourth-order valence-corrected chi connectivity index (χ4v) is 3.44. The molecule has 0 bridgehead atoms. The SMILES string of the molecule is C#CCOC(CC(=O)O)c1ccc(OCc2c(C)ccc(-c3ccccc3)c2C)nc1. The van der Waals surface area contributed by atoms with E-state index in [1.165, 1.54) is 16.7 Å². The van der Waals surface area contributed by atoms with Gasteiger partial charge in [-0.25, -0.2) is 4.98 Å². The molecule has 0 fully saturated rings. The fraction of sp³-hybridized carbons (Fsp3) is 0.231. The molecule has 1 N–H and O–H groups in total. The van der Waals surface area contributed by atoms with Gasteiger partial charge in [-0.15, -0.1) is 6.42 Å². The van der Waals surface area contributed by atoms with Gasteiger partial charge in [-0.05, 0) is 53.3 Å². The highest BCUT2D eigenvalue weighted by Crippen LogP contribution is 2.29. The van der Waals surface area contributed by atoms with Crippen molar-refractivity contribution in [2.75, 3.05) is 6.61 Å². The van der Waals surface area contributed by atoms with Crippen LogP contribution >= 0.6 is 0 Å². The van der Waals surface area contributed by atoms with Crippen LogP contribution in [0.15, 0.2) is 60.8 Å². The second-order valence-electron chi connectivity index (χ2n) is 7.22. The number of nitrogens with zero attached hydrogens (tertiary/aromatic N) is 1. The van der Waals surface area contributed by atoms with E-state index in [1.807, 2.05) is 18.2 Å². The third-order valence-corrected chi connectivity index (χ3v) is 5.14. The Balaban J connectivity index is 1.74. The maximum Gasteiger partial charge on any atom is 0.306 e. The molecule has 0 saturated carbocycles. The van der Waals surface area contributed by atoms with E-state index in [4.69, 9.17) is 21.0 Å². The van der Waals surface area contributed by atoms with Gasteiger partial charge in [-0.1, -0.05) is 48.4 Å². The van der Waals surface area contributed by atoms with Crippen LogP contribution < -0.4 is 4.74 Å². The van der Waals surface area contributed by atoms with E-state index in [9.17, 15) is 4.79 Å². The molecule has 0 radical (unpaired) electrons. The lowest BCUT2D eigenvalue weighted by molar-refractivity contribution is -0.140. The molecule has 0 spiro atoms. The topological polar surface area (TPSA) is 68.7 Å². The molecule has 158 valence electrons. The summed E-state index contributed by atoms with van der Waals surface area (Å²) in [7, 11) is 0. The molecule has 0 aliphatic carbocycles. The number of carbonyl (C=O) groups is 1. The number of aryl methyl sites for hydroxylation is 1. The molecule has 1 aromatic heterocycles. The smallest absolute Gasteiger partial charge is 0.306 e. The number of aromatic nitrogens is 1. The molecular weight excluding hydrogens is 390 g/mol. The van der Waals surface area contributed by atoms with Crippen LogP contribution in [0.4, 0.5) is 0 Å². The van der Waals surface area contributed by atoms with Crippen molar-refractivity contribution in [3.8, 4) is 29.4 Å². The zero-order valence-electron chi connectivity index (χ0n) is 17.7. The Hall–Kier alpha value is -3.62. The highest BCUT2D eigenvalue weighted by molar-refractivity contribution is 5.69. The first-order valence-corrected chi connectivity index (χ1v) is 9.99. The van der Waals surface area contributed by atoms with E-state index in [0.29, 0.717) is 18.1 Å². The summed E-state index contributed by atoms with van der Waals surface area (Å²) < 4.78 is 11.4. The highest BCUT2D eigenvalue weighted by Gasteiger charge is 2.17. The minimum atomic E-state index is -0.966. The van der Waals surface area contributed by atoms with Gasteiger partial charge < -0.3 is 14.6 Å². The van der Waals surface area contributed by atoms with Crippen molar-refractivity contribution >= 4 is 5.97 Å². The summed E-state index contributed by atoms with van der Waals surface area (Å²) >= 11 is 0. The third-order valence-electron chi connectivity index (χ3n) is 5.14. The largest absolute Gasteiger partial charge is 0.481 e. The number of ether oxygens (including phenoxy) is 2. The van der Waals surface area contributed by atoms with Gasteiger partial charge in [0.25, 0.3) is 0 Å². The molecule has 1 unspecified atom stereocenters. The number of hydrogen-bond donors (Lipinski definition) is 1. The number of aliphatic carboxylic acids is 1. The van der Waals surface area contributed by atoms with Gasteiger partial charge in [0.2, 0.25) is 5.88 Å². The predicted molar refractivity (Wildman–Crippen MR) is 120 cm³/mol. The molecule has 0 saturated heterocycles. The summed E-state index contributed by atoms with van der Waals surface area (Å²) in [5.74, 6) is 1.85. The van der Waals surface area contributed by atoms with Crippen molar-refractivity contribution in [3.05, 3.63) is 83.0 Å². The molecule has 31 heavy (non-hydrogen) atoms. The Labute approximate surface area is 182 Å². The average Bonchev–Trinajstić information content (AvgIpc) is 2.77. The number of benzene rings is 2. The second kappa shape index (κ2) is 10.4. The Morgan fingerprint density at radius 3 is 2.55 bits per heavy atom. The number of rotatable bonds is 9. The Kier molecular flexibility index (Phi) is 7.42. The van der Waals surface area contributed by atoms with Gasteiger partial charge in [0.15, 0.2) is 0 Å². The molecule has 1 atom stereocenters. The lowest BCUT2D eigenvalue weighted by atomic mass is 9.94. The van der Waals surface area contributed by atoms with Crippen LogP contribution in [-0.2, 0) is 16.1 Å². The molecule has 1 heterocycles. The van der Waals surface area contributed by atoms with Crippen molar-refractivity contribution in [1.82, 2.24) is 4.98 Å². The summed E-state index contributed by atoms with van der Waals surface area (Å²) in [5, 5.41) is 9.09. The first kappa shape index (κ1) is 22.1. The summed E-state index contributed by atoms with van der Waals surface area (Å²) in [6.07, 6.45) is 5.95. The fourth-order valence-electron chi connectivity index (χ4n) is 3.44. The summed E-state index contributed by atoms with van der Waals surface area (Å²) in [6.45, 7) is 4.59. The number of carboxylic acids is 1. The molecule has 5 heteroatoms. The van der Waals surface area contributed by atoms with E-state index < -0.39 is 12.1 Å². The number of carboxylic acid groups (broad SMARTS) is 1. The maximum absolute atomic E-state index is 11.1. The molecule has 3 rings (SSSR count). The maximum atomic E-state index is 11.1. The van der Waals surface area contributed by atoms with Crippen molar-refractivity contribution < 1.29 is 19.4 Å². The van der Waals surface area contributed by atoms with Gasteiger partial charge >= 0.3 is 5.97 Å². The minimum Gasteiger partial charge on any atom is -0.481 e. The van der Waals surface area contributed by atoms with Crippen molar-refractivity contribution in [1.29, 1.82) is 0 Å². The molecule has 0 amide bonds. The lowest BCUT2D eigenvalue weighted by Crippen LogP contribution is -2.11. The number of hydrogen-bond acceptors (Lipinski definition) is 4. The summed E-state index contributed by atoms with van der Waals surface area (Å²) in [6, 6.07) is 18.0. The van der Waals surface area contributed by atoms with Gasteiger partial charge in [0.1, 0.15) is 13.2 Å². The molecule has 2 aromatic carbocycles. The molecular formula is C26H25NO4. The molecule has 5 nitrogen and oxygen atoms in total. The zero-order chi connectivity index (χ0) is 22.2. The number of terminal acetylenes is 1. The molecule has 3 aromatic rings. The van der Waals surface area contributed by atoms with Gasteiger partial charge in [0.05, 0.1) is 12.5 Å². The van der Waals surface area contributed by atoms with Crippen LogP contribution in [0.3, 0.4) is 0 Å². The average molecular weight is 415 g/mol. The van der Waals surface area contributed by atoms with E-state index in [2.05, 4.69) is 49.0 Å². The number of pyridine rings is 1. The van der Waals surface area contributed by atoms with Gasteiger partial charge in [-0.3, -0.25) is 4.79 Å². The van der Waals surface area contributed by atoms with E-state index in [1.54, 1.807) is 18.3 Å². The molecule has 0 aliphatic rings. The minimum absolute atomic E-state index is 0.0342. The summed E-state index contributed by atoms with van der Waals surface area (Å²) in [5.41, 5.74) is 6.43. The first-order chi connectivity index (χ1) is 15.0. The van der Waals surface area contributed by atoms with Gasteiger partial charge in [-0.2, -0.15) is 0 Å². The van der Waals surface area contributed by atoms with E-state index in [0.717, 1.165) is 11.1 Å². The van der Waals surface area contributed by atoms with Crippen molar-refractivity contribution in [2.24, 2.45) is 0 Å². The van der Waals surface area contributed by atoms with Crippen molar-refractivity contribution in [2.45, 2.75) is 33.0 Å². The standard InChI is InChI=1S/C26H25NO4/c1-4-14-30-24(15-26(28)29)21-11-13-25(27-16-21)31-17-23-18(2)10-12-22(19(23)3)20-8-6-5-7-9-20/h1,5-13,16,24H,14-15,17H2,2-3H3,(H,28,29). The molecule has 0 aliphatic heterocycles. The van der Waals surface area contributed by atoms with Crippen LogP contribution in [0.2, 0.25) is 0 Å². The lowest BCUT2D eigenvalue weighted by Gasteiger charge is -2.17. The monoisotopic (exact) mass is 415 g/mol. The predicted octanol–water partition coefficient (Wildman–Crippen LogP) is 5.11. The van der Waals surface area contributed by atoms with E-state index in [-0.39, 0.29) is 13.0 Å². The van der Waals surface area contributed by atoms with Crippen LogP contribution in [0.1, 0.15) is 34.8 Å². The zero-order valence-corrected chi connectivity index (χ0v) is 17.7. The normalized spacial score (nSPS) is 11.5. The van der Waals surface area contributed by atoms with Crippen molar-refractivity contribution in [3.63, 3.8) is 0 Å². The Morgan fingerprint density at radius 2 is 1.90 bits per heavy atom. The Bertz CT molecular complexity index is 1070. The quantitative estimate of drug-likeness (QED) is 0.492. The van der Waals surface area contributed by atoms with Crippen LogP contribution in [0.5, 0.6) is 5.88 Å². The first-order valence-electron chi connectivity index (χ1n) is 9.99. The Morgan fingerprint density at radius 1 is 1.13 bits per heavy atom.